The third-order valence-electron chi connectivity index (χ3n) is 14.2. The van der Waals surface area contributed by atoms with Crippen molar-refractivity contribution in [3.63, 3.8) is 0 Å². The van der Waals surface area contributed by atoms with Gasteiger partial charge in [0.05, 0.1) is 39.0 Å². The Morgan fingerprint density at radius 3 is 0.809 bits per heavy atom. The maximum absolute atomic E-state index is 12.1. The molecule has 0 aliphatic carbocycles. The van der Waals surface area contributed by atoms with Gasteiger partial charge in [-0.1, -0.05) is 198 Å². The zero-order valence-corrected chi connectivity index (χ0v) is 41.9. The zero-order chi connectivity index (χ0) is 48.1. The van der Waals surface area contributed by atoms with Crippen LogP contribution in [-0.2, 0) is 21.7 Å². The second kappa shape index (κ2) is 16.0. The molecule has 0 spiro atoms. The van der Waals surface area contributed by atoms with Crippen LogP contribution in [0, 0.1) is 11.3 Å². The van der Waals surface area contributed by atoms with Crippen molar-refractivity contribution >= 4 is 43.6 Å². The van der Waals surface area contributed by atoms with E-state index in [1.165, 1.54) is 43.8 Å². The summed E-state index contributed by atoms with van der Waals surface area (Å²) in [6.07, 6.45) is 0. The molecule has 0 saturated carbocycles. The van der Waals surface area contributed by atoms with Gasteiger partial charge in [-0.25, -0.2) is 0 Å². The summed E-state index contributed by atoms with van der Waals surface area (Å²) >= 11 is 0. The van der Waals surface area contributed by atoms with Gasteiger partial charge in [0.25, 0.3) is 0 Å². The van der Waals surface area contributed by atoms with E-state index in [9.17, 15) is 5.26 Å². The molecule has 10 aromatic rings. The molecule has 0 fully saturated rings. The van der Waals surface area contributed by atoms with E-state index in [1.54, 1.807) is 0 Å². The van der Waals surface area contributed by atoms with Gasteiger partial charge in [0.15, 0.2) is 0 Å². The van der Waals surface area contributed by atoms with E-state index in [0.29, 0.717) is 5.56 Å². The monoisotopic (exact) mass is 886 g/mol. The van der Waals surface area contributed by atoms with E-state index in [0.717, 1.165) is 66.8 Å². The lowest BCUT2D eigenvalue weighted by molar-refractivity contribution is 0.590. The van der Waals surface area contributed by atoms with Crippen LogP contribution in [0.15, 0.2) is 164 Å². The molecule has 0 amide bonds. The molecule has 0 bridgehead atoms. The van der Waals surface area contributed by atoms with Crippen molar-refractivity contribution in [1.29, 1.82) is 5.26 Å². The number of nitriles is 1. The molecular formula is C65H63N3. The van der Waals surface area contributed by atoms with E-state index < -0.39 is 0 Å². The van der Waals surface area contributed by atoms with Gasteiger partial charge in [0.2, 0.25) is 0 Å². The zero-order valence-electron chi connectivity index (χ0n) is 41.9. The highest BCUT2D eigenvalue weighted by molar-refractivity contribution is 6.15. The maximum Gasteiger partial charge on any atom is 0.101 e. The van der Waals surface area contributed by atoms with Gasteiger partial charge in [-0.3, -0.25) is 0 Å². The van der Waals surface area contributed by atoms with Crippen LogP contribution in [0.3, 0.4) is 0 Å². The summed E-state index contributed by atoms with van der Waals surface area (Å²) in [5.41, 5.74) is 17.7. The van der Waals surface area contributed by atoms with Crippen LogP contribution in [0.2, 0.25) is 0 Å². The van der Waals surface area contributed by atoms with Crippen molar-refractivity contribution in [2.24, 2.45) is 0 Å². The third kappa shape index (κ3) is 7.43. The molecule has 3 nitrogen and oxygen atoms in total. The lowest BCUT2D eigenvalue weighted by atomic mass is 9.83. The van der Waals surface area contributed by atoms with Gasteiger partial charge in [-0.05, 0) is 109 Å². The molecule has 2 aromatic heterocycles. The summed E-state index contributed by atoms with van der Waals surface area (Å²) < 4.78 is 4.99. The fraction of sp³-hybridized carbons (Fsp3) is 0.246. The predicted molar refractivity (Wildman–Crippen MR) is 291 cm³/mol. The molecular weight excluding hydrogens is 823 g/mol. The summed E-state index contributed by atoms with van der Waals surface area (Å²) in [7, 11) is 0. The highest BCUT2D eigenvalue weighted by Gasteiger charge is 2.33. The summed E-state index contributed by atoms with van der Waals surface area (Å²) in [5, 5.41) is 16.9. The van der Waals surface area contributed by atoms with Crippen molar-refractivity contribution in [3.05, 3.63) is 192 Å². The summed E-state index contributed by atoms with van der Waals surface area (Å²) in [6.45, 7) is 27.5. The average molecular weight is 886 g/mol. The van der Waals surface area contributed by atoms with Crippen molar-refractivity contribution in [2.45, 2.75) is 105 Å². The first kappa shape index (κ1) is 44.7. The normalized spacial score (nSPS) is 12.7. The molecule has 0 N–H and O–H groups in total. The molecule has 338 valence electrons. The molecule has 0 aliphatic heterocycles. The molecule has 0 unspecified atom stereocenters. The van der Waals surface area contributed by atoms with Gasteiger partial charge in [0, 0.05) is 38.2 Å². The summed E-state index contributed by atoms with van der Waals surface area (Å²) in [5.74, 6) is 0. The predicted octanol–water partition coefficient (Wildman–Crippen LogP) is 17.9. The first-order chi connectivity index (χ1) is 32.3. The van der Waals surface area contributed by atoms with E-state index in [-0.39, 0.29) is 21.7 Å². The lowest BCUT2D eigenvalue weighted by Crippen LogP contribution is -2.12. The molecule has 68 heavy (non-hydrogen) atoms. The Hall–Kier alpha value is -7.15. The Labute approximate surface area is 403 Å². The lowest BCUT2D eigenvalue weighted by Gasteiger charge is -2.28. The fourth-order valence-electron chi connectivity index (χ4n) is 10.3. The van der Waals surface area contributed by atoms with Crippen LogP contribution in [0.1, 0.15) is 111 Å². The van der Waals surface area contributed by atoms with Gasteiger partial charge in [-0.15, -0.1) is 0 Å². The Kier molecular flexibility index (Phi) is 10.5. The fourth-order valence-corrected chi connectivity index (χ4v) is 10.3. The van der Waals surface area contributed by atoms with Crippen LogP contribution in [-0.4, -0.2) is 9.13 Å². The van der Waals surface area contributed by atoms with Crippen molar-refractivity contribution in [1.82, 2.24) is 9.13 Å². The number of nitrogens with zero attached hydrogens (tertiary/aromatic N) is 3. The molecule has 0 aliphatic rings. The smallest absolute Gasteiger partial charge is 0.101 e. The van der Waals surface area contributed by atoms with Crippen molar-refractivity contribution in [3.8, 4) is 50.8 Å². The van der Waals surface area contributed by atoms with E-state index in [2.05, 4.69) is 262 Å². The SMILES string of the molecule is CC(C)(C)c1ccc2c(c1)c1cc(C(C)(C)C)ccc1n2-c1c(-c2ccccc2)c(C#N)c(-c2ccccc2)c(-n2c3ccc(C(C)(C)C)cc3c3cc(C(C)(C)C)ccc32)c1-c1ccccc1. The standard InChI is InChI=1S/C65H63N3/c1-62(2,3)44-28-32-53-48(36-44)49-37-45(63(4,5)6)29-33-54(49)67(53)60-57(41-22-16-13-17-23-41)52(40-66)58(42-24-18-14-19-25-42)61(59(60)43-26-20-15-21-27-43)68-55-34-30-46(64(7,8)9)38-50(55)51-39-47(65(10,11)12)31-35-56(51)68/h13-39H,1-12H3. The average Bonchev–Trinajstić information content (AvgIpc) is 3.81. The Morgan fingerprint density at radius 1 is 0.324 bits per heavy atom. The van der Waals surface area contributed by atoms with Crippen molar-refractivity contribution in [2.75, 3.05) is 0 Å². The largest absolute Gasteiger partial charge is 0.308 e. The van der Waals surface area contributed by atoms with Crippen LogP contribution in [0.4, 0.5) is 0 Å². The van der Waals surface area contributed by atoms with Crippen LogP contribution >= 0.6 is 0 Å². The van der Waals surface area contributed by atoms with Crippen LogP contribution in [0.25, 0.3) is 88.4 Å². The van der Waals surface area contributed by atoms with Crippen molar-refractivity contribution < 1.29 is 0 Å². The first-order valence-corrected chi connectivity index (χ1v) is 24.2. The number of hydrogen-bond donors (Lipinski definition) is 0. The Morgan fingerprint density at radius 2 is 0.574 bits per heavy atom. The molecule has 0 radical (unpaired) electrons. The molecule has 0 saturated heterocycles. The summed E-state index contributed by atoms with van der Waals surface area (Å²) in [6, 6.07) is 63.3. The summed E-state index contributed by atoms with van der Waals surface area (Å²) in [4.78, 5) is 0. The highest BCUT2D eigenvalue weighted by Crippen LogP contribution is 2.53. The minimum absolute atomic E-state index is 0.0661. The van der Waals surface area contributed by atoms with Gasteiger partial charge in [0.1, 0.15) is 6.07 Å². The van der Waals surface area contributed by atoms with E-state index in [1.807, 2.05) is 0 Å². The van der Waals surface area contributed by atoms with Gasteiger partial charge >= 0.3 is 0 Å². The number of hydrogen-bond acceptors (Lipinski definition) is 1. The molecule has 8 aromatic carbocycles. The quantitative estimate of drug-likeness (QED) is 0.170. The van der Waals surface area contributed by atoms with Crippen LogP contribution in [0.5, 0.6) is 0 Å². The van der Waals surface area contributed by atoms with Crippen LogP contribution < -0.4 is 0 Å². The Bertz CT molecular complexity index is 3260. The number of fused-ring (bicyclic) bond motifs is 6. The molecule has 10 rings (SSSR count). The van der Waals surface area contributed by atoms with Gasteiger partial charge in [-0.2, -0.15) is 5.26 Å². The minimum atomic E-state index is -0.0661. The number of benzene rings is 8. The maximum atomic E-state index is 12.1. The number of aromatic nitrogens is 2. The van der Waals surface area contributed by atoms with E-state index in [4.69, 9.17) is 0 Å². The Balaban J connectivity index is 1.53. The third-order valence-corrected chi connectivity index (χ3v) is 14.2. The highest BCUT2D eigenvalue weighted by atomic mass is 15.0. The van der Waals surface area contributed by atoms with Gasteiger partial charge < -0.3 is 9.13 Å². The minimum Gasteiger partial charge on any atom is -0.308 e. The first-order valence-electron chi connectivity index (χ1n) is 24.2. The molecule has 3 heteroatoms. The van der Waals surface area contributed by atoms with E-state index >= 15 is 0 Å². The second-order valence-corrected chi connectivity index (χ2v) is 23.0. The number of rotatable bonds is 5. The molecule has 0 atom stereocenters. The second-order valence-electron chi connectivity index (χ2n) is 23.0. The topological polar surface area (TPSA) is 33.6 Å². The molecule has 2 heterocycles.